The fraction of sp³-hybridized carbons (Fsp3) is 0.0833. The van der Waals surface area contributed by atoms with Crippen LogP contribution in [-0.2, 0) is 6.18 Å². The van der Waals surface area contributed by atoms with Gasteiger partial charge in [0, 0.05) is 0 Å². The summed E-state index contributed by atoms with van der Waals surface area (Å²) >= 11 is 0. The molecule has 0 aliphatic rings. The Morgan fingerprint density at radius 2 is 1.90 bits per heavy atom. The van der Waals surface area contributed by atoms with E-state index in [1.807, 2.05) is 5.32 Å². The minimum absolute atomic E-state index is 0.0271. The van der Waals surface area contributed by atoms with Crippen molar-refractivity contribution in [1.29, 1.82) is 0 Å². The highest BCUT2D eigenvalue weighted by Gasteiger charge is 2.38. The lowest BCUT2D eigenvalue weighted by atomic mass is 10.1. The number of carbonyl (C=O) groups excluding carboxylic acids is 1. The number of hydrogen-bond acceptors (Lipinski definition) is 4. The second-order valence-electron chi connectivity index (χ2n) is 3.84. The van der Waals surface area contributed by atoms with E-state index in [2.05, 4.69) is 9.97 Å². The molecule has 1 aromatic carbocycles. The molecule has 1 heterocycles. The highest BCUT2D eigenvalue weighted by atomic mass is 19.4. The summed E-state index contributed by atoms with van der Waals surface area (Å²) < 4.78 is 44.6. The Morgan fingerprint density at radius 3 is 2.48 bits per heavy atom. The van der Waals surface area contributed by atoms with Crippen LogP contribution in [0.3, 0.4) is 0 Å². The van der Waals surface area contributed by atoms with E-state index in [9.17, 15) is 18.0 Å². The molecule has 0 saturated carbocycles. The van der Waals surface area contributed by atoms with E-state index in [4.69, 9.17) is 10.5 Å². The largest absolute Gasteiger partial charge is 0.453 e. The van der Waals surface area contributed by atoms with Gasteiger partial charge in [-0.3, -0.25) is 0 Å². The fourth-order valence-corrected chi connectivity index (χ4v) is 1.61. The molecule has 0 aliphatic heterocycles. The smallest absolute Gasteiger partial charge is 0.421 e. The van der Waals surface area contributed by atoms with Crippen LogP contribution >= 0.6 is 0 Å². The first-order chi connectivity index (χ1) is 9.88. The highest BCUT2D eigenvalue weighted by molar-refractivity contribution is 5.89. The fourth-order valence-electron chi connectivity index (χ4n) is 1.61. The van der Waals surface area contributed by atoms with Crippen molar-refractivity contribution in [2.75, 3.05) is 5.32 Å². The molecule has 0 radical (unpaired) electrons. The molecule has 1 aromatic heterocycles. The SMILES string of the molecule is NC(=O)Nc1cccc(Oc2cncnc2)c1C(F)(F)F. The van der Waals surface area contributed by atoms with Crippen molar-refractivity contribution in [1.82, 2.24) is 9.97 Å². The lowest BCUT2D eigenvalue weighted by molar-refractivity contribution is -0.137. The summed E-state index contributed by atoms with van der Waals surface area (Å²) in [7, 11) is 0. The number of halogens is 3. The lowest BCUT2D eigenvalue weighted by Gasteiger charge is -2.17. The van der Waals surface area contributed by atoms with Crippen molar-refractivity contribution in [2.24, 2.45) is 5.73 Å². The van der Waals surface area contributed by atoms with Crippen molar-refractivity contribution in [3.63, 3.8) is 0 Å². The van der Waals surface area contributed by atoms with E-state index < -0.39 is 29.2 Å². The van der Waals surface area contributed by atoms with E-state index in [0.717, 1.165) is 12.1 Å². The maximum Gasteiger partial charge on any atom is 0.421 e. The van der Waals surface area contributed by atoms with Crippen LogP contribution in [-0.4, -0.2) is 16.0 Å². The number of hydrogen-bond donors (Lipinski definition) is 2. The zero-order chi connectivity index (χ0) is 15.5. The maximum absolute atomic E-state index is 13.2. The molecule has 6 nitrogen and oxygen atoms in total. The van der Waals surface area contributed by atoms with Crippen LogP contribution in [0, 0.1) is 0 Å². The zero-order valence-corrected chi connectivity index (χ0v) is 10.4. The number of primary amides is 1. The number of carbonyl (C=O) groups is 1. The topological polar surface area (TPSA) is 90.1 Å². The average molecular weight is 298 g/mol. The molecule has 21 heavy (non-hydrogen) atoms. The molecule has 110 valence electrons. The maximum atomic E-state index is 13.2. The molecule has 2 aromatic rings. The number of alkyl halides is 3. The third kappa shape index (κ3) is 3.59. The molecule has 0 saturated heterocycles. The molecule has 3 N–H and O–H groups in total. The van der Waals surface area contributed by atoms with Crippen LogP contribution < -0.4 is 15.8 Å². The third-order valence-corrected chi connectivity index (χ3v) is 2.33. The number of aromatic nitrogens is 2. The Labute approximate surface area is 116 Å². The standard InChI is InChI=1S/C12H9F3N4O2/c13-12(14,15)10-8(19-11(16)20)2-1-3-9(10)21-7-4-17-6-18-5-7/h1-6H,(H3,16,19,20). The Morgan fingerprint density at radius 1 is 1.24 bits per heavy atom. The monoisotopic (exact) mass is 298 g/mol. The molecular weight excluding hydrogens is 289 g/mol. The predicted octanol–water partition coefficient (Wildman–Crippen LogP) is 2.78. The predicted molar refractivity (Wildman–Crippen MR) is 66.8 cm³/mol. The van der Waals surface area contributed by atoms with Gasteiger partial charge in [0.25, 0.3) is 0 Å². The van der Waals surface area contributed by atoms with Gasteiger partial charge in [-0.05, 0) is 12.1 Å². The number of ether oxygens (including phenoxy) is 1. The van der Waals surface area contributed by atoms with Crippen LogP contribution in [0.15, 0.2) is 36.9 Å². The first kappa shape index (κ1) is 14.6. The van der Waals surface area contributed by atoms with E-state index in [1.165, 1.54) is 24.8 Å². The van der Waals surface area contributed by atoms with E-state index in [1.54, 1.807) is 0 Å². The van der Waals surface area contributed by atoms with Crippen molar-refractivity contribution >= 4 is 11.7 Å². The number of nitrogens with zero attached hydrogens (tertiary/aromatic N) is 2. The van der Waals surface area contributed by atoms with Gasteiger partial charge in [-0.15, -0.1) is 0 Å². The Hall–Kier alpha value is -2.84. The summed E-state index contributed by atoms with van der Waals surface area (Å²) in [6, 6.07) is 2.37. The van der Waals surface area contributed by atoms with Gasteiger partial charge in [0.2, 0.25) is 0 Å². The lowest BCUT2D eigenvalue weighted by Crippen LogP contribution is -2.22. The number of urea groups is 1. The molecule has 0 spiro atoms. The summed E-state index contributed by atoms with van der Waals surface area (Å²) in [6.45, 7) is 0. The Balaban J connectivity index is 2.47. The molecule has 2 amide bonds. The Kier molecular flexibility index (Phi) is 3.92. The number of nitrogens with two attached hydrogens (primary N) is 1. The van der Waals surface area contributed by atoms with Gasteiger partial charge in [0.05, 0.1) is 18.1 Å². The molecule has 0 fully saturated rings. The van der Waals surface area contributed by atoms with Crippen molar-refractivity contribution < 1.29 is 22.7 Å². The average Bonchev–Trinajstić information content (AvgIpc) is 2.38. The summed E-state index contributed by atoms with van der Waals surface area (Å²) in [5.41, 5.74) is 3.22. The normalized spacial score (nSPS) is 11.0. The molecule has 0 atom stereocenters. The van der Waals surface area contributed by atoms with Gasteiger partial charge in [-0.25, -0.2) is 14.8 Å². The van der Waals surface area contributed by atoms with Gasteiger partial charge >= 0.3 is 12.2 Å². The molecule has 0 aliphatic carbocycles. The second-order valence-corrected chi connectivity index (χ2v) is 3.84. The van der Waals surface area contributed by atoms with Gasteiger partial charge in [-0.1, -0.05) is 6.07 Å². The molecular formula is C12H9F3N4O2. The van der Waals surface area contributed by atoms with Crippen LogP contribution in [0.4, 0.5) is 23.7 Å². The first-order valence-corrected chi connectivity index (χ1v) is 5.57. The molecule has 2 rings (SSSR count). The van der Waals surface area contributed by atoms with Crippen LogP contribution in [0.5, 0.6) is 11.5 Å². The van der Waals surface area contributed by atoms with E-state index in [-0.39, 0.29) is 5.75 Å². The van der Waals surface area contributed by atoms with Crippen LogP contribution in [0.25, 0.3) is 0 Å². The number of benzene rings is 1. The molecule has 0 bridgehead atoms. The van der Waals surface area contributed by atoms with Crippen LogP contribution in [0.2, 0.25) is 0 Å². The Bertz CT molecular complexity index is 647. The van der Waals surface area contributed by atoms with E-state index >= 15 is 0 Å². The van der Waals surface area contributed by atoms with Gasteiger partial charge < -0.3 is 15.8 Å². The molecule has 0 unspecified atom stereocenters. The number of rotatable bonds is 3. The minimum Gasteiger partial charge on any atom is -0.453 e. The summed E-state index contributed by atoms with van der Waals surface area (Å²) in [6.07, 6.45) is -1.12. The quantitative estimate of drug-likeness (QED) is 0.911. The van der Waals surface area contributed by atoms with E-state index in [0.29, 0.717) is 0 Å². The van der Waals surface area contributed by atoms with Crippen LogP contribution in [0.1, 0.15) is 5.56 Å². The van der Waals surface area contributed by atoms with Crippen molar-refractivity contribution in [3.05, 3.63) is 42.5 Å². The summed E-state index contributed by atoms with van der Waals surface area (Å²) in [5, 5.41) is 1.91. The second kappa shape index (κ2) is 5.65. The third-order valence-electron chi connectivity index (χ3n) is 2.33. The van der Waals surface area contributed by atoms with Crippen molar-refractivity contribution in [3.8, 4) is 11.5 Å². The number of amides is 2. The zero-order valence-electron chi connectivity index (χ0n) is 10.4. The van der Waals surface area contributed by atoms with Crippen molar-refractivity contribution in [2.45, 2.75) is 6.18 Å². The van der Waals surface area contributed by atoms with Gasteiger partial charge in [0.1, 0.15) is 17.6 Å². The van der Waals surface area contributed by atoms with Gasteiger partial charge in [-0.2, -0.15) is 13.2 Å². The first-order valence-electron chi connectivity index (χ1n) is 5.57. The number of nitrogens with one attached hydrogen (secondary N) is 1. The van der Waals surface area contributed by atoms with Gasteiger partial charge in [0.15, 0.2) is 5.75 Å². The highest BCUT2D eigenvalue weighted by Crippen LogP contribution is 2.42. The molecule has 9 heteroatoms. The number of anilines is 1. The minimum atomic E-state index is -4.75. The summed E-state index contributed by atoms with van der Waals surface area (Å²) in [5.74, 6) is -0.470. The summed E-state index contributed by atoms with van der Waals surface area (Å²) in [4.78, 5) is 18.1.